The molecule has 4 N–H and O–H groups in total. The molecule has 15 heteroatoms. The first-order chi connectivity index (χ1) is 18.2. The molecule has 0 fully saturated rings. The lowest BCUT2D eigenvalue weighted by atomic mass is 10.1. The molecular weight excluding hydrogens is 507 g/mol. The number of hydrogen-bond acceptors (Lipinski definition) is 7. The minimum absolute atomic E-state index is 0.0322. The molecule has 2 aromatic carbocycles. The molecular formula is C23H16F3N9O3. The first kappa shape index (κ1) is 24.2. The molecule has 5 aromatic rings. The van der Waals surface area contributed by atoms with Crippen molar-refractivity contribution in [2.24, 2.45) is 0 Å². The van der Waals surface area contributed by atoms with Crippen molar-refractivity contribution in [2.45, 2.75) is 6.18 Å². The molecule has 0 aliphatic heterocycles. The van der Waals surface area contributed by atoms with Crippen LogP contribution in [0.15, 0.2) is 78.2 Å². The standard InChI is InChI=1S/C23H16F3N9O3/c24-23(25,26)13-1-6-17(34-10-9-29-33-34)16(11-13)32-22(37)31-15-4-2-14(3-5-15)30-20-19-18(36)7-8-27-21(19)35(38)12-28-20/h1-12H,(H,27,36)(H,28,30)(H2,31,32,37). The molecule has 0 bridgehead atoms. The second kappa shape index (κ2) is 9.53. The quantitative estimate of drug-likeness (QED) is 0.203. The average molecular weight is 523 g/mol. The molecule has 0 saturated heterocycles. The molecule has 0 atom stereocenters. The number of rotatable bonds is 5. The fourth-order valence-corrected chi connectivity index (χ4v) is 3.61. The SMILES string of the molecule is O=C(Nc1ccc(Nc2nc[n+]([O-])c3[nH]ccc(=O)c23)cc1)Nc1cc(C(F)(F)F)ccc1-n1ccnn1. The maximum atomic E-state index is 13.2. The highest BCUT2D eigenvalue weighted by Crippen LogP contribution is 2.33. The molecule has 0 aliphatic rings. The zero-order chi connectivity index (χ0) is 26.9. The molecule has 5 rings (SSSR count). The Morgan fingerprint density at radius 3 is 2.53 bits per heavy atom. The lowest BCUT2D eigenvalue weighted by Crippen LogP contribution is -2.30. The fourth-order valence-electron chi connectivity index (χ4n) is 3.61. The van der Waals surface area contributed by atoms with Crippen molar-refractivity contribution in [3.63, 3.8) is 0 Å². The van der Waals surface area contributed by atoms with Crippen molar-refractivity contribution in [1.29, 1.82) is 0 Å². The van der Waals surface area contributed by atoms with E-state index in [9.17, 15) is 28.0 Å². The van der Waals surface area contributed by atoms with Gasteiger partial charge in [0.2, 0.25) is 23.2 Å². The summed E-state index contributed by atoms with van der Waals surface area (Å²) >= 11 is 0. The van der Waals surface area contributed by atoms with Crippen LogP contribution in [0, 0.1) is 5.21 Å². The van der Waals surface area contributed by atoms with E-state index in [0.717, 1.165) is 18.5 Å². The number of aromatic amines is 1. The number of nitrogens with one attached hydrogen (secondary N) is 4. The maximum Gasteiger partial charge on any atom is 0.416 e. The summed E-state index contributed by atoms with van der Waals surface area (Å²) < 4.78 is 41.4. The van der Waals surface area contributed by atoms with E-state index >= 15 is 0 Å². The third-order valence-corrected chi connectivity index (χ3v) is 5.33. The molecule has 12 nitrogen and oxygen atoms in total. The third kappa shape index (κ3) is 4.92. The Hall–Kier alpha value is -5.47. The van der Waals surface area contributed by atoms with Gasteiger partial charge in [0.15, 0.2) is 5.39 Å². The van der Waals surface area contributed by atoms with Crippen molar-refractivity contribution in [3.05, 3.63) is 94.4 Å². The molecule has 0 unspecified atom stereocenters. The number of carbonyl (C=O) groups excluding carboxylic acids is 1. The highest BCUT2D eigenvalue weighted by atomic mass is 19.4. The van der Waals surface area contributed by atoms with Crippen molar-refractivity contribution in [1.82, 2.24) is 25.0 Å². The van der Waals surface area contributed by atoms with Crippen LogP contribution >= 0.6 is 0 Å². The second-order valence-electron chi connectivity index (χ2n) is 7.84. The van der Waals surface area contributed by atoms with Gasteiger partial charge in [-0.3, -0.25) is 14.5 Å². The number of benzene rings is 2. The normalized spacial score (nSPS) is 11.3. The van der Waals surface area contributed by atoms with Crippen LogP contribution in [-0.2, 0) is 6.18 Å². The predicted octanol–water partition coefficient (Wildman–Crippen LogP) is 3.54. The molecule has 192 valence electrons. The number of alkyl halides is 3. The molecule has 38 heavy (non-hydrogen) atoms. The zero-order valence-electron chi connectivity index (χ0n) is 19.0. The summed E-state index contributed by atoms with van der Waals surface area (Å²) in [6.45, 7) is 0. The van der Waals surface area contributed by atoms with Gasteiger partial charge in [0.05, 0.1) is 35.5 Å². The number of carbonyl (C=O) groups is 1. The molecule has 3 heterocycles. The second-order valence-corrected chi connectivity index (χ2v) is 7.84. The lowest BCUT2D eigenvalue weighted by Gasteiger charge is -2.15. The minimum atomic E-state index is -4.62. The van der Waals surface area contributed by atoms with E-state index in [1.54, 1.807) is 12.1 Å². The van der Waals surface area contributed by atoms with Crippen LogP contribution in [0.25, 0.3) is 16.7 Å². The van der Waals surface area contributed by atoms with E-state index in [0.29, 0.717) is 16.1 Å². The van der Waals surface area contributed by atoms with Gasteiger partial charge >= 0.3 is 12.2 Å². The Morgan fingerprint density at radius 2 is 1.82 bits per heavy atom. The van der Waals surface area contributed by atoms with Gasteiger partial charge in [-0.15, -0.1) is 5.10 Å². The van der Waals surface area contributed by atoms with Crippen LogP contribution in [0.1, 0.15) is 5.56 Å². The van der Waals surface area contributed by atoms with Gasteiger partial charge in [-0.2, -0.15) is 13.2 Å². The molecule has 0 saturated carbocycles. The van der Waals surface area contributed by atoms with E-state index in [2.05, 4.69) is 36.2 Å². The number of anilines is 4. The number of H-pyrrole nitrogens is 1. The molecule has 0 radical (unpaired) electrons. The zero-order valence-corrected chi connectivity index (χ0v) is 19.0. The summed E-state index contributed by atoms with van der Waals surface area (Å²) in [5, 5.41) is 27.3. The van der Waals surface area contributed by atoms with E-state index in [4.69, 9.17) is 0 Å². The van der Waals surface area contributed by atoms with Gasteiger partial charge in [-0.05, 0) is 42.5 Å². The first-order valence-electron chi connectivity index (χ1n) is 10.8. The van der Waals surface area contributed by atoms with Crippen molar-refractivity contribution in [2.75, 3.05) is 16.0 Å². The van der Waals surface area contributed by atoms with Crippen LogP contribution in [-0.4, -0.2) is 31.0 Å². The van der Waals surface area contributed by atoms with E-state index < -0.39 is 23.2 Å². The smallest absolute Gasteiger partial charge is 0.416 e. The average Bonchev–Trinajstić information content (AvgIpc) is 3.41. The molecule has 0 aliphatic carbocycles. The van der Waals surface area contributed by atoms with Crippen molar-refractivity contribution in [3.8, 4) is 5.69 Å². The van der Waals surface area contributed by atoms with Crippen LogP contribution in [0.3, 0.4) is 0 Å². The van der Waals surface area contributed by atoms with Crippen molar-refractivity contribution >= 4 is 39.9 Å². The number of pyridine rings is 1. The predicted molar refractivity (Wildman–Crippen MR) is 130 cm³/mol. The summed E-state index contributed by atoms with van der Waals surface area (Å²) in [6, 6.07) is 9.51. The number of nitrogens with zero attached hydrogens (tertiary/aromatic N) is 5. The third-order valence-electron chi connectivity index (χ3n) is 5.33. The van der Waals surface area contributed by atoms with Gasteiger partial charge in [0, 0.05) is 17.4 Å². The van der Waals surface area contributed by atoms with Gasteiger partial charge < -0.3 is 21.2 Å². The Morgan fingerprint density at radius 1 is 1.05 bits per heavy atom. The highest BCUT2D eigenvalue weighted by molar-refractivity contribution is 6.01. The summed E-state index contributed by atoms with van der Waals surface area (Å²) in [4.78, 5) is 31.6. The van der Waals surface area contributed by atoms with Crippen LogP contribution in [0.4, 0.5) is 40.8 Å². The summed E-state index contributed by atoms with van der Waals surface area (Å²) in [6.07, 6.45) is 0.505. The van der Waals surface area contributed by atoms with Gasteiger partial charge in [0.1, 0.15) is 0 Å². The fraction of sp³-hybridized carbons (Fsp3) is 0.0435. The molecule has 3 aromatic heterocycles. The largest absolute Gasteiger partial charge is 0.740 e. The minimum Gasteiger partial charge on any atom is -0.740 e. The van der Waals surface area contributed by atoms with Gasteiger partial charge in [0.25, 0.3) is 0 Å². The highest BCUT2D eigenvalue weighted by Gasteiger charge is 2.31. The number of aromatic nitrogens is 6. The molecule has 0 spiro atoms. The first-order valence-corrected chi connectivity index (χ1v) is 10.8. The monoisotopic (exact) mass is 523 g/mol. The van der Waals surface area contributed by atoms with Crippen molar-refractivity contribution < 1.29 is 22.7 Å². The number of hydrogen-bond donors (Lipinski definition) is 4. The molecule has 2 amide bonds. The Labute approximate surface area is 210 Å². The van der Waals surface area contributed by atoms with Crippen LogP contribution in [0.5, 0.6) is 0 Å². The Kier molecular flexibility index (Phi) is 6.08. The summed E-state index contributed by atoms with van der Waals surface area (Å²) in [5.41, 5.74) is -0.466. The lowest BCUT2D eigenvalue weighted by molar-refractivity contribution is -0.582. The summed E-state index contributed by atoms with van der Waals surface area (Å²) in [5.74, 6) is 0.151. The number of halogens is 3. The number of urea groups is 1. The van der Waals surface area contributed by atoms with Crippen LogP contribution in [0.2, 0.25) is 0 Å². The van der Waals surface area contributed by atoms with Gasteiger partial charge in [-0.1, -0.05) is 10.2 Å². The Bertz CT molecular complexity index is 1690. The van der Waals surface area contributed by atoms with Gasteiger partial charge in [-0.25, -0.2) is 9.48 Å². The van der Waals surface area contributed by atoms with E-state index in [-0.39, 0.29) is 28.2 Å². The topological polar surface area (TPSA) is 157 Å². The number of amides is 2. The summed E-state index contributed by atoms with van der Waals surface area (Å²) in [7, 11) is 0. The van der Waals surface area contributed by atoms with E-state index in [1.165, 1.54) is 47.5 Å². The van der Waals surface area contributed by atoms with Crippen LogP contribution < -0.4 is 26.1 Å². The maximum absolute atomic E-state index is 13.2. The number of fused-ring (bicyclic) bond motifs is 1. The van der Waals surface area contributed by atoms with E-state index in [1.807, 2.05) is 0 Å². The Balaban J connectivity index is 1.33.